The Morgan fingerprint density at radius 3 is 3.05 bits per heavy atom. The lowest BCUT2D eigenvalue weighted by Crippen LogP contribution is -2.50. The number of aromatic nitrogens is 2. The predicted molar refractivity (Wildman–Crippen MR) is 85.0 cm³/mol. The SMILES string of the molecule is O=C([C@@H]1CCCc2[nH]ncc21)N1CC(c2cccc(Cl)c2)C1. The zero-order valence-electron chi connectivity index (χ0n) is 12.3. The van der Waals surface area contributed by atoms with Gasteiger partial charge in [-0.25, -0.2) is 0 Å². The summed E-state index contributed by atoms with van der Waals surface area (Å²) in [6.45, 7) is 1.59. The van der Waals surface area contributed by atoms with Gasteiger partial charge in [0.1, 0.15) is 0 Å². The molecule has 0 unspecified atom stereocenters. The van der Waals surface area contributed by atoms with E-state index >= 15 is 0 Å². The highest BCUT2D eigenvalue weighted by atomic mass is 35.5. The molecule has 2 heterocycles. The zero-order chi connectivity index (χ0) is 15.1. The highest BCUT2D eigenvalue weighted by Crippen LogP contribution is 2.36. The molecule has 4 rings (SSSR count). The van der Waals surface area contributed by atoms with Crippen molar-refractivity contribution in [2.24, 2.45) is 0 Å². The van der Waals surface area contributed by atoms with E-state index in [-0.39, 0.29) is 11.8 Å². The summed E-state index contributed by atoms with van der Waals surface area (Å²) in [4.78, 5) is 14.7. The second-order valence-corrected chi connectivity index (χ2v) is 6.68. The quantitative estimate of drug-likeness (QED) is 0.925. The first kappa shape index (κ1) is 13.8. The van der Waals surface area contributed by atoms with Gasteiger partial charge in [0.05, 0.1) is 12.1 Å². The van der Waals surface area contributed by atoms with Crippen molar-refractivity contribution in [2.45, 2.75) is 31.1 Å². The zero-order valence-corrected chi connectivity index (χ0v) is 13.0. The number of fused-ring (bicyclic) bond motifs is 1. The number of nitrogens with one attached hydrogen (secondary N) is 1. The van der Waals surface area contributed by atoms with E-state index < -0.39 is 0 Å². The Balaban J connectivity index is 1.44. The van der Waals surface area contributed by atoms with Gasteiger partial charge < -0.3 is 4.90 Å². The van der Waals surface area contributed by atoms with Gasteiger partial charge in [-0.15, -0.1) is 0 Å². The number of hydrogen-bond acceptors (Lipinski definition) is 2. The first-order chi connectivity index (χ1) is 10.7. The predicted octanol–water partition coefficient (Wildman–Crippen LogP) is 3.11. The van der Waals surface area contributed by atoms with Gasteiger partial charge in [0.15, 0.2) is 0 Å². The Bertz CT molecular complexity index is 705. The maximum absolute atomic E-state index is 12.7. The second-order valence-electron chi connectivity index (χ2n) is 6.24. The van der Waals surface area contributed by atoms with Crippen LogP contribution in [-0.4, -0.2) is 34.1 Å². The molecule has 1 aromatic heterocycles. The molecule has 2 aliphatic rings. The highest BCUT2D eigenvalue weighted by molar-refractivity contribution is 6.30. The fraction of sp³-hybridized carbons (Fsp3) is 0.412. The molecule has 0 bridgehead atoms. The van der Waals surface area contributed by atoms with Crippen molar-refractivity contribution < 1.29 is 4.79 Å². The number of carbonyl (C=O) groups excluding carboxylic acids is 1. The third-order valence-electron chi connectivity index (χ3n) is 4.86. The van der Waals surface area contributed by atoms with Crippen LogP contribution in [0.2, 0.25) is 5.02 Å². The van der Waals surface area contributed by atoms with E-state index in [0.717, 1.165) is 48.6 Å². The average molecular weight is 316 g/mol. The summed E-state index contributed by atoms with van der Waals surface area (Å²) in [5, 5.41) is 7.89. The number of rotatable bonds is 2. The molecule has 1 saturated heterocycles. The Morgan fingerprint density at radius 2 is 2.23 bits per heavy atom. The van der Waals surface area contributed by atoms with Gasteiger partial charge in [-0.1, -0.05) is 23.7 Å². The van der Waals surface area contributed by atoms with Gasteiger partial charge in [0.2, 0.25) is 5.91 Å². The van der Waals surface area contributed by atoms with Crippen LogP contribution in [0.5, 0.6) is 0 Å². The van der Waals surface area contributed by atoms with Crippen molar-refractivity contribution in [1.82, 2.24) is 15.1 Å². The summed E-state index contributed by atoms with van der Waals surface area (Å²) in [5.41, 5.74) is 3.46. The fourth-order valence-electron chi connectivity index (χ4n) is 3.57. The number of amides is 1. The highest BCUT2D eigenvalue weighted by Gasteiger charge is 2.37. The maximum atomic E-state index is 12.7. The summed E-state index contributed by atoms with van der Waals surface area (Å²) in [7, 11) is 0. The van der Waals surface area contributed by atoms with E-state index in [4.69, 9.17) is 11.6 Å². The van der Waals surface area contributed by atoms with Crippen molar-refractivity contribution in [1.29, 1.82) is 0 Å². The van der Waals surface area contributed by atoms with E-state index in [9.17, 15) is 4.79 Å². The van der Waals surface area contributed by atoms with Gasteiger partial charge in [0, 0.05) is 35.3 Å². The average Bonchev–Trinajstić information content (AvgIpc) is 2.94. The van der Waals surface area contributed by atoms with Crippen LogP contribution >= 0.6 is 11.6 Å². The molecule has 1 N–H and O–H groups in total. The van der Waals surface area contributed by atoms with Gasteiger partial charge in [-0.3, -0.25) is 9.89 Å². The monoisotopic (exact) mass is 315 g/mol. The number of hydrogen-bond donors (Lipinski definition) is 1. The lowest BCUT2D eigenvalue weighted by Gasteiger charge is -2.42. The fourth-order valence-corrected chi connectivity index (χ4v) is 3.77. The van der Waals surface area contributed by atoms with E-state index in [2.05, 4.69) is 16.3 Å². The molecule has 22 heavy (non-hydrogen) atoms. The third-order valence-corrected chi connectivity index (χ3v) is 5.09. The molecular formula is C17H18ClN3O. The molecule has 0 radical (unpaired) electrons. The minimum atomic E-state index is -0.0113. The molecular weight excluding hydrogens is 298 g/mol. The molecule has 0 saturated carbocycles. The lowest BCUT2D eigenvalue weighted by molar-refractivity contribution is -0.137. The Hall–Kier alpha value is -1.81. The molecule has 1 aliphatic carbocycles. The molecule has 4 nitrogen and oxygen atoms in total. The molecule has 1 aromatic carbocycles. The van der Waals surface area contributed by atoms with E-state index in [0.29, 0.717) is 5.92 Å². The van der Waals surface area contributed by atoms with Crippen LogP contribution < -0.4 is 0 Å². The number of H-pyrrole nitrogens is 1. The minimum absolute atomic E-state index is 0.0113. The summed E-state index contributed by atoms with van der Waals surface area (Å²) < 4.78 is 0. The standard InChI is InChI=1S/C17H18ClN3O/c18-13-4-1-3-11(7-13)12-9-21(10-12)17(22)14-5-2-6-16-15(14)8-19-20-16/h1,3-4,7-8,12,14H,2,5-6,9-10H2,(H,19,20)/t14-/m1/s1. The van der Waals surface area contributed by atoms with Crippen LogP contribution in [0.25, 0.3) is 0 Å². The van der Waals surface area contributed by atoms with Crippen molar-refractivity contribution >= 4 is 17.5 Å². The molecule has 1 amide bonds. The van der Waals surface area contributed by atoms with Gasteiger partial charge in [-0.05, 0) is 37.0 Å². The lowest BCUT2D eigenvalue weighted by atomic mass is 9.83. The van der Waals surface area contributed by atoms with Gasteiger partial charge >= 0.3 is 0 Å². The van der Waals surface area contributed by atoms with E-state index in [1.165, 1.54) is 5.56 Å². The molecule has 1 aliphatic heterocycles. The van der Waals surface area contributed by atoms with Crippen molar-refractivity contribution in [3.8, 4) is 0 Å². The van der Waals surface area contributed by atoms with E-state index in [1.54, 1.807) is 0 Å². The Labute approximate surface area is 134 Å². The number of aromatic amines is 1. The molecule has 2 aromatic rings. The maximum Gasteiger partial charge on any atom is 0.230 e. The van der Waals surface area contributed by atoms with Crippen molar-refractivity contribution in [3.05, 3.63) is 52.3 Å². The number of carbonyl (C=O) groups is 1. The molecule has 5 heteroatoms. The molecule has 1 fully saturated rings. The Morgan fingerprint density at radius 1 is 1.36 bits per heavy atom. The summed E-state index contributed by atoms with van der Waals surface area (Å²) >= 11 is 6.04. The third kappa shape index (κ3) is 2.31. The molecule has 114 valence electrons. The van der Waals surface area contributed by atoms with Crippen LogP contribution in [0.15, 0.2) is 30.5 Å². The number of halogens is 1. The van der Waals surface area contributed by atoms with Crippen LogP contribution in [0.3, 0.4) is 0 Å². The Kier molecular flexibility index (Phi) is 3.41. The topological polar surface area (TPSA) is 49.0 Å². The number of nitrogens with zero attached hydrogens (tertiary/aromatic N) is 2. The van der Waals surface area contributed by atoms with Crippen LogP contribution in [-0.2, 0) is 11.2 Å². The summed E-state index contributed by atoms with van der Waals surface area (Å²) in [5.74, 6) is 0.651. The van der Waals surface area contributed by atoms with Crippen molar-refractivity contribution in [2.75, 3.05) is 13.1 Å². The summed E-state index contributed by atoms with van der Waals surface area (Å²) in [6.07, 6.45) is 4.82. The minimum Gasteiger partial charge on any atom is -0.341 e. The molecule has 0 spiro atoms. The largest absolute Gasteiger partial charge is 0.341 e. The van der Waals surface area contributed by atoms with E-state index in [1.807, 2.05) is 29.3 Å². The van der Waals surface area contributed by atoms with Gasteiger partial charge in [0.25, 0.3) is 0 Å². The summed E-state index contributed by atoms with van der Waals surface area (Å²) in [6, 6.07) is 7.95. The number of likely N-dealkylation sites (tertiary alicyclic amines) is 1. The smallest absolute Gasteiger partial charge is 0.230 e. The number of aryl methyl sites for hydroxylation is 1. The van der Waals surface area contributed by atoms with Crippen molar-refractivity contribution in [3.63, 3.8) is 0 Å². The normalized spacial score (nSPS) is 21.3. The van der Waals surface area contributed by atoms with Crippen LogP contribution in [0.1, 0.15) is 41.5 Å². The first-order valence-corrected chi connectivity index (χ1v) is 8.16. The van der Waals surface area contributed by atoms with Gasteiger partial charge in [-0.2, -0.15) is 5.10 Å². The number of benzene rings is 1. The second kappa shape index (κ2) is 5.43. The van der Waals surface area contributed by atoms with Crippen LogP contribution in [0, 0.1) is 0 Å². The van der Waals surface area contributed by atoms with Crippen LogP contribution in [0.4, 0.5) is 0 Å². The molecule has 1 atom stereocenters. The first-order valence-electron chi connectivity index (χ1n) is 7.79.